The topological polar surface area (TPSA) is 69.0 Å². The molecule has 1 aliphatic rings. The molecule has 1 saturated heterocycles. The molecular weight excluding hydrogens is 381 g/mol. The molecular formula is C17H21F3N4O2S. The maximum absolute atomic E-state index is 12.8. The summed E-state index contributed by atoms with van der Waals surface area (Å²) in [5, 5.41) is 2.65. The highest BCUT2D eigenvalue weighted by atomic mass is 32.1. The van der Waals surface area contributed by atoms with Crippen LogP contribution in [0.2, 0.25) is 0 Å². The summed E-state index contributed by atoms with van der Waals surface area (Å²) in [6.07, 6.45) is 0.660. The van der Waals surface area contributed by atoms with Crippen molar-refractivity contribution in [1.82, 2.24) is 14.5 Å². The van der Waals surface area contributed by atoms with Crippen LogP contribution in [0, 0.1) is 6.92 Å². The fraction of sp³-hybridized carbons (Fsp3) is 0.471. The second-order valence-electron chi connectivity index (χ2n) is 6.30. The van der Waals surface area contributed by atoms with Gasteiger partial charge in [0, 0.05) is 25.4 Å². The Hall–Kier alpha value is -2.07. The minimum absolute atomic E-state index is 0. The number of nitrogens with one attached hydrogen (secondary N) is 1. The van der Waals surface area contributed by atoms with Crippen molar-refractivity contribution < 1.29 is 22.7 Å². The van der Waals surface area contributed by atoms with Crippen LogP contribution in [0.4, 0.5) is 19.0 Å². The minimum Gasteiger partial charge on any atom is -0.378 e. The van der Waals surface area contributed by atoms with Gasteiger partial charge >= 0.3 is 6.18 Å². The molecule has 1 unspecified atom stereocenters. The molecule has 27 heavy (non-hydrogen) atoms. The van der Waals surface area contributed by atoms with Crippen molar-refractivity contribution >= 4 is 25.2 Å². The van der Waals surface area contributed by atoms with E-state index >= 15 is 0 Å². The van der Waals surface area contributed by atoms with Gasteiger partial charge < -0.3 is 14.6 Å². The summed E-state index contributed by atoms with van der Waals surface area (Å²) in [4.78, 5) is 20.2. The fourth-order valence-corrected chi connectivity index (χ4v) is 2.85. The van der Waals surface area contributed by atoms with Crippen LogP contribution < -0.4 is 5.32 Å². The van der Waals surface area contributed by atoms with Gasteiger partial charge in [-0.2, -0.15) is 26.7 Å². The van der Waals surface area contributed by atoms with Crippen LogP contribution >= 0.6 is 13.5 Å². The number of nitrogens with zero attached hydrogens (tertiary/aromatic N) is 3. The van der Waals surface area contributed by atoms with E-state index in [0.29, 0.717) is 12.4 Å². The van der Waals surface area contributed by atoms with Crippen LogP contribution in [0.3, 0.4) is 0 Å². The molecule has 1 fully saturated rings. The van der Waals surface area contributed by atoms with Gasteiger partial charge in [-0.3, -0.25) is 4.79 Å². The van der Waals surface area contributed by atoms with Gasteiger partial charge in [0.1, 0.15) is 11.9 Å². The molecule has 3 rings (SSSR count). The number of rotatable bonds is 5. The number of carbonyl (C=O) groups excluding carboxylic acids is 1. The number of alkyl halides is 3. The van der Waals surface area contributed by atoms with Crippen molar-refractivity contribution in [2.75, 3.05) is 11.9 Å². The van der Waals surface area contributed by atoms with Crippen molar-refractivity contribution in [2.24, 2.45) is 0 Å². The van der Waals surface area contributed by atoms with Crippen molar-refractivity contribution in [3.05, 3.63) is 42.1 Å². The SMILES string of the molecule is Cc1ccc(NC(=O)[C@H](CC2CCCO2)n2cnc(C(F)(F)F)c2)nc1.S. The molecule has 0 aliphatic carbocycles. The molecule has 1 aliphatic heterocycles. The Morgan fingerprint density at radius 3 is 2.74 bits per heavy atom. The summed E-state index contributed by atoms with van der Waals surface area (Å²) < 4.78 is 45.3. The van der Waals surface area contributed by atoms with Gasteiger partial charge in [-0.1, -0.05) is 6.07 Å². The van der Waals surface area contributed by atoms with Crippen LogP contribution in [0.1, 0.15) is 36.6 Å². The molecule has 3 heterocycles. The number of carbonyl (C=O) groups is 1. The minimum atomic E-state index is -4.56. The largest absolute Gasteiger partial charge is 0.434 e. The Labute approximate surface area is 161 Å². The first-order chi connectivity index (χ1) is 12.3. The van der Waals surface area contributed by atoms with E-state index in [0.717, 1.165) is 30.9 Å². The average Bonchev–Trinajstić information content (AvgIpc) is 3.25. The zero-order chi connectivity index (χ0) is 18.7. The Bertz CT molecular complexity index is 758. The molecule has 1 amide bonds. The number of hydrogen-bond donors (Lipinski definition) is 1. The number of anilines is 1. The Balaban J connectivity index is 0.00000261. The average molecular weight is 402 g/mol. The standard InChI is InChI=1S/C17H19F3N4O2.H2S/c1-11-4-5-15(21-8-11)23-16(25)13(7-12-3-2-6-26-12)24-9-14(22-10-24)17(18,19)20;/h4-5,8-10,12-13H,2-3,6-7H2,1H3,(H,21,23,25);1H2/t12?,13-;/m0./s1. The molecule has 2 aromatic rings. The molecule has 1 N–H and O–H groups in total. The maximum atomic E-state index is 12.8. The maximum Gasteiger partial charge on any atom is 0.434 e. The lowest BCUT2D eigenvalue weighted by molar-refractivity contribution is -0.141. The lowest BCUT2D eigenvalue weighted by atomic mass is 10.1. The molecule has 2 atom stereocenters. The first-order valence-electron chi connectivity index (χ1n) is 8.29. The molecule has 10 heteroatoms. The highest BCUT2D eigenvalue weighted by Gasteiger charge is 2.35. The van der Waals surface area contributed by atoms with Gasteiger partial charge in [-0.15, -0.1) is 0 Å². The number of aryl methyl sites for hydroxylation is 1. The predicted octanol–water partition coefficient (Wildman–Crippen LogP) is 3.47. The molecule has 2 aromatic heterocycles. The first-order valence-corrected chi connectivity index (χ1v) is 8.29. The zero-order valence-electron chi connectivity index (χ0n) is 14.7. The Morgan fingerprint density at radius 1 is 1.41 bits per heavy atom. The van der Waals surface area contributed by atoms with Crippen molar-refractivity contribution in [2.45, 2.75) is 44.5 Å². The van der Waals surface area contributed by atoms with E-state index in [2.05, 4.69) is 15.3 Å². The third-order valence-electron chi connectivity index (χ3n) is 4.23. The van der Waals surface area contributed by atoms with E-state index in [-0.39, 0.29) is 26.0 Å². The third-order valence-corrected chi connectivity index (χ3v) is 4.23. The highest BCUT2D eigenvalue weighted by molar-refractivity contribution is 7.59. The van der Waals surface area contributed by atoms with E-state index in [1.54, 1.807) is 18.3 Å². The van der Waals surface area contributed by atoms with Crippen LogP contribution in [-0.4, -0.2) is 33.2 Å². The van der Waals surface area contributed by atoms with Crippen LogP contribution in [0.15, 0.2) is 30.9 Å². The summed E-state index contributed by atoms with van der Waals surface area (Å²) >= 11 is 0. The molecule has 0 bridgehead atoms. The molecule has 148 valence electrons. The Morgan fingerprint density at radius 2 is 2.19 bits per heavy atom. The number of ether oxygens (including phenoxy) is 1. The normalized spacial score (nSPS) is 18.0. The van der Waals surface area contributed by atoms with E-state index in [1.807, 2.05) is 6.92 Å². The number of hydrogen-bond acceptors (Lipinski definition) is 4. The third kappa shape index (κ3) is 5.46. The van der Waals surface area contributed by atoms with Gasteiger partial charge in [0.2, 0.25) is 5.91 Å². The monoisotopic (exact) mass is 402 g/mol. The van der Waals surface area contributed by atoms with E-state index < -0.39 is 23.8 Å². The van der Waals surface area contributed by atoms with E-state index in [9.17, 15) is 18.0 Å². The number of halogens is 3. The van der Waals surface area contributed by atoms with Gasteiger partial charge in [0.05, 0.1) is 12.4 Å². The number of imidazole rings is 1. The number of pyridine rings is 1. The summed E-state index contributed by atoms with van der Waals surface area (Å²) in [5.41, 5.74) is -0.0977. The van der Waals surface area contributed by atoms with Crippen molar-refractivity contribution in [3.63, 3.8) is 0 Å². The second-order valence-corrected chi connectivity index (χ2v) is 6.30. The predicted molar refractivity (Wildman–Crippen MR) is 97.8 cm³/mol. The van der Waals surface area contributed by atoms with Crippen molar-refractivity contribution in [1.29, 1.82) is 0 Å². The molecule has 0 spiro atoms. The summed E-state index contributed by atoms with van der Waals surface area (Å²) in [7, 11) is 0. The lowest BCUT2D eigenvalue weighted by Gasteiger charge is -2.21. The zero-order valence-corrected chi connectivity index (χ0v) is 15.7. The first kappa shape index (κ1) is 21.2. The fourth-order valence-electron chi connectivity index (χ4n) is 2.85. The van der Waals surface area contributed by atoms with Gasteiger partial charge in [-0.05, 0) is 31.4 Å². The van der Waals surface area contributed by atoms with Gasteiger partial charge in [-0.25, -0.2) is 9.97 Å². The number of aromatic nitrogens is 3. The Kier molecular flexibility index (Phi) is 6.88. The van der Waals surface area contributed by atoms with Crippen LogP contribution in [0.25, 0.3) is 0 Å². The number of amides is 1. The van der Waals surface area contributed by atoms with Gasteiger partial charge in [0.15, 0.2) is 5.69 Å². The molecule has 0 radical (unpaired) electrons. The quantitative estimate of drug-likeness (QED) is 0.832. The summed E-state index contributed by atoms with van der Waals surface area (Å²) in [6.45, 7) is 2.46. The van der Waals surface area contributed by atoms with Gasteiger partial charge in [0.25, 0.3) is 0 Å². The molecule has 0 aromatic carbocycles. The lowest BCUT2D eigenvalue weighted by Crippen LogP contribution is -2.29. The van der Waals surface area contributed by atoms with Crippen LogP contribution in [-0.2, 0) is 15.7 Å². The highest BCUT2D eigenvalue weighted by Crippen LogP contribution is 2.30. The summed E-state index contributed by atoms with van der Waals surface area (Å²) in [5.74, 6) is -0.114. The van der Waals surface area contributed by atoms with E-state index in [4.69, 9.17) is 4.74 Å². The molecule has 6 nitrogen and oxygen atoms in total. The smallest absolute Gasteiger partial charge is 0.378 e. The molecule has 0 saturated carbocycles. The van der Waals surface area contributed by atoms with Crippen LogP contribution in [0.5, 0.6) is 0 Å². The van der Waals surface area contributed by atoms with E-state index in [1.165, 1.54) is 4.57 Å². The van der Waals surface area contributed by atoms with Crippen molar-refractivity contribution in [3.8, 4) is 0 Å². The summed E-state index contributed by atoms with van der Waals surface area (Å²) in [6, 6.07) is 2.56. The second kappa shape index (κ2) is 8.75.